The van der Waals surface area contributed by atoms with E-state index in [4.69, 9.17) is 18.9 Å². The van der Waals surface area contributed by atoms with Crippen LogP contribution in [0.4, 0.5) is 0 Å². The normalized spacial score (nSPS) is 21.3. The smallest absolute Gasteiger partial charge is 0.306 e. The average molecular weight is 801 g/mol. The molecule has 0 saturated carbocycles. The minimum Gasteiger partial charge on any atom is -0.462 e. The van der Waals surface area contributed by atoms with E-state index in [1.54, 1.807) is 0 Å². The van der Waals surface area contributed by atoms with Crippen LogP contribution in [0.3, 0.4) is 0 Å². The molecule has 4 N–H and O–H groups in total. The van der Waals surface area contributed by atoms with Crippen LogP contribution in [0.5, 0.6) is 0 Å². The summed E-state index contributed by atoms with van der Waals surface area (Å²) >= 11 is 0. The fourth-order valence-electron chi connectivity index (χ4n) is 5.90. The van der Waals surface area contributed by atoms with Crippen LogP contribution >= 0.6 is 0 Å². The lowest BCUT2D eigenvalue weighted by molar-refractivity contribution is -0.297. The Kier molecular flexibility index (Phi) is 30.1. The van der Waals surface area contributed by atoms with E-state index in [9.17, 15) is 37.9 Å². The third kappa shape index (κ3) is 27.8. The molecule has 13 heteroatoms. The summed E-state index contributed by atoms with van der Waals surface area (Å²) in [4.78, 5) is 25.2. The monoisotopic (exact) mass is 800 g/mol. The standard InChI is InChI=1S/C42H72O12S/c1-3-5-7-9-11-13-15-16-17-18-19-20-21-23-24-26-28-30-37(43)51-32-35(53-38(44)31-29-27-25-22-14-12-10-8-6-4-2)33-52-42-41(47)40(46)39(45)36(54-42)34-55(48,49)50/h11,13,16-17,19-20,23-24,35-36,39-42,45-47H,3-10,12,14-15,18,21-22,25-34H2,1-2H3,(H,48,49,50)/b13-11+,17-16+,20-19+,24-23+/t35-,36-,39-,40?,41?,42+/m1/s1. The number of unbranched alkanes of at least 4 members (excludes halogenated alkanes) is 13. The van der Waals surface area contributed by atoms with Crippen molar-refractivity contribution in [3.8, 4) is 0 Å². The molecule has 6 atom stereocenters. The number of carbonyl (C=O) groups excluding carboxylic acids is 2. The number of rotatable bonds is 33. The summed E-state index contributed by atoms with van der Waals surface area (Å²) in [5.41, 5.74) is 0. The van der Waals surface area contributed by atoms with Crippen molar-refractivity contribution in [1.29, 1.82) is 0 Å². The van der Waals surface area contributed by atoms with Crippen molar-refractivity contribution >= 4 is 22.1 Å². The van der Waals surface area contributed by atoms with Gasteiger partial charge in [0.15, 0.2) is 12.4 Å². The van der Waals surface area contributed by atoms with Crippen molar-refractivity contribution in [1.82, 2.24) is 0 Å². The second-order valence-corrected chi connectivity index (χ2v) is 15.8. The van der Waals surface area contributed by atoms with Gasteiger partial charge in [0.25, 0.3) is 10.1 Å². The lowest BCUT2D eigenvalue weighted by atomic mass is 10.00. The van der Waals surface area contributed by atoms with Crippen LogP contribution in [-0.4, -0.2) is 96.0 Å². The summed E-state index contributed by atoms with van der Waals surface area (Å²) in [6.45, 7) is 3.64. The Morgan fingerprint density at radius 2 is 1.11 bits per heavy atom. The second-order valence-electron chi connectivity index (χ2n) is 14.3. The molecule has 0 spiro atoms. The Bertz CT molecular complexity index is 1210. The molecule has 0 radical (unpaired) electrons. The maximum atomic E-state index is 12.7. The Hall–Kier alpha value is -2.39. The van der Waals surface area contributed by atoms with Gasteiger partial charge in [0.05, 0.1) is 6.61 Å². The van der Waals surface area contributed by atoms with E-state index in [0.29, 0.717) is 19.3 Å². The molecule has 1 rings (SSSR count). The molecule has 1 heterocycles. The molecule has 2 unspecified atom stereocenters. The Balaban J connectivity index is 2.52. The first-order valence-corrected chi connectivity index (χ1v) is 22.3. The largest absolute Gasteiger partial charge is 0.462 e. The molecule has 318 valence electrons. The van der Waals surface area contributed by atoms with E-state index >= 15 is 0 Å². The van der Waals surface area contributed by atoms with Crippen LogP contribution in [-0.2, 0) is 38.7 Å². The third-order valence-electron chi connectivity index (χ3n) is 9.16. The number of aliphatic hydroxyl groups excluding tert-OH is 3. The van der Waals surface area contributed by atoms with E-state index in [0.717, 1.165) is 44.9 Å². The summed E-state index contributed by atoms with van der Waals surface area (Å²) < 4.78 is 53.8. The zero-order valence-corrected chi connectivity index (χ0v) is 34.3. The molecule has 0 aliphatic carbocycles. The summed E-state index contributed by atoms with van der Waals surface area (Å²) in [6.07, 6.45) is 27.5. The lowest BCUT2D eigenvalue weighted by Gasteiger charge is -2.40. The molecule has 0 aromatic heterocycles. The van der Waals surface area contributed by atoms with Gasteiger partial charge >= 0.3 is 11.9 Å². The van der Waals surface area contributed by atoms with Gasteiger partial charge in [0, 0.05) is 12.8 Å². The highest BCUT2D eigenvalue weighted by molar-refractivity contribution is 7.85. The highest BCUT2D eigenvalue weighted by Gasteiger charge is 2.46. The highest BCUT2D eigenvalue weighted by atomic mass is 32.2. The number of ether oxygens (including phenoxy) is 4. The number of allylic oxidation sites excluding steroid dienone is 8. The maximum absolute atomic E-state index is 12.7. The number of carbonyl (C=O) groups is 2. The summed E-state index contributed by atoms with van der Waals surface area (Å²) in [5, 5.41) is 30.8. The minimum atomic E-state index is -4.60. The van der Waals surface area contributed by atoms with Gasteiger partial charge in [-0.25, -0.2) is 0 Å². The van der Waals surface area contributed by atoms with Crippen molar-refractivity contribution in [2.75, 3.05) is 19.0 Å². The van der Waals surface area contributed by atoms with E-state index in [1.807, 2.05) is 12.2 Å². The predicted molar refractivity (Wildman–Crippen MR) is 215 cm³/mol. The molecule has 55 heavy (non-hydrogen) atoms. The van der Waals surface area contributed by atoms with Crippen LogP contribution in [0.15, 0.2) is 48.6 Å². The first-order chi connectivity index (χ1) is 26.5. The quantitative estimate of drug-likeness (QED) is 0.0221. The zero-order chi connectivity index (χ0) is 40.6. The van der Waals surface area contributed by atoms with Gasteiger partial charge in [-0.3, -0.25) is 14.1 Å². The lowest BCUT2D eigenvalue weighted by Crippen LogP contribution is -2.60. The number of aliphatic hydroxyl groups is 3. The molecule has 1 aliphatic heterocycles. The minimum absolute atomic E-state index is 0.143. The molecule has 0 aromatic rings. The van der Waals surface area contributed by atoms with Gasteiger partial charge in [-0.15, -0.1) is 0 Å². The van der Waals surface area contributed by atoms with E-state index < -0.39 is 71.2 Å². The summed E-state index contributed by atoms with van der Waals surface area (Å²) in [7, 11) is -4.60. The fraction of sp³-hybridized carbons (Fsp3) is 0.762. The third-order valence-corrected chi connectivity index (χ3v) is 9.91. The number of esters is 2. The Morgan fingerprint density at radius 3 is 1.67 bits per heavy atom. The molecular formula is C42H72O12S. The van der Waals surface area contributed by atoms with Crippen LogP contribution in [0.25, 0.3) is 0 Å². The van der Waals surface area contributed by atoms with Crippen LogP contribution in [0.1, 0.15) is 149 Å². The molecule has 1 saturated heterocycles. The van der Waals surface area contributed by atoms with E-state index in [2.05, 4.69) is 50.3 Å². The summed E-state index contributed by atoms with van der Waals surface area (Å²) in [6, 6.07) is 0. The van der Waals surface area contributed by atoms with Gasteiger partial charge in [0.2, 0.25) is 0 Å². The molecule has 0 aromatic carbocycles. The number of hydrogen-bond acceptors (Lipinski definition) is 11. The topological polar surface area (TPSA) is 186 Å². The average Bonchev–Trinajstić information content (AvgIpc) is 3.14. The highest BCUT2D eigenvalue weighted by Crippen LogP contribution is 2.24. The van der Waals surface area contributed by atoms with E-state index in [-0.39, 0.29) is 19.4 Å². The zero-order valence-electron chi connectivity index (χ0n) is 33.5. The van der Waals surface area contributed by atoms with Crippen LogP contribution in [0.2, 0.25) is 0 Å². The fourth-order valence-corrected chi connectivity index (χ4v) is 6.59. The van der Waals surface area contributed by atoms with E-state index in [1.165, 1.54) is 57.8 Å². The van der Waals surface area contributed by atoms with Crippen molar-refractivity contribution in [3.63, 3.8) is 0 Å². The molecule has 0 amide bonds. The summed E-state index contributed by atoms with van der Waals surface area (Å²) in [5.74, 6) is -2.06. The van der Waals surface area contributed by atoms with Crippen LogP contribution in [0, 0.1) is 0 Å². The Morgan fingerprint density at radius 1 is 0.618 bits per heavy atom. The predicted octanol–water partition coefficient (Wildman–Crippen LogP) is 7.61. The maximum Gasteiger partial charge on any atom is 0.306 e. The van der Waals surface area contributed by atoms with Crippen LogP contribution < -0.4 is 0 Å². The molecule has 1 fully saturated rings. The molecule has 0 bridgehead atoms. The van der Waals surface area contributed by atoms with Crippen molar-refractivity contribution in [3.05, 3.63) is 48.6 Å². The van der Waals surface area contributed by atoms with Crippen molar-refractivity contribution in [2.45, 2.75) is 185 Å². The van der Waals surface area contributed by atoms with Crippen molar-refractivity contribution in [2.24, 2.45) is 0 Å². The van der Waals surface area contributed by atoms with Gasteiger partial charge < -0.3 is 34.3 Å². The molecular weight excluding hydrogens is 729 g/mol. The SMILES string of the molecule is CCCCC/C=C/C/C=C/C/C=C/C/C=C/CCCC(=O)OC[C@H](CO[C@H]1O[C@H](CS(=O)(=O)O)[C@@H](O)C(O)C1O)OC(=O)CCCCCCCCCCCC. The van der Waals surface area contributed by atoms with Gasteiger partial charge in [-0.1, -0.05) is 133 Å². The van der Waals surface area contributed by atoms with Gasteiger partial charge in [-0.2, -0.15) is 8.42 Å². The van der Waals surface area contributed by atoms with Gasteiger partial charge in [-0.05, 0) is 51.4 Å². The molecule has 1 aliphatic rings. The number of hydrogen-bond donors (Lipinski definition) is 4. The second kappa shape index (κ2) is 32.7. The first kappa shape index (κ1) is 50.6. The van der Waals surface area contributed by atoms with Crippen molar-refractivity contribution < 1.29 is 56.8 Å². The molecule has 12 nitrogen and oxygen atoms in total. The Labute approximate surface area is 331 Å². The first-order valence-electron chi connectivity index (χ1n) is 20.7. The van der Waals surface area contributed by atoms with Gasteiger partial charge in [0.1, 0.15) is 36.8 Å².